The average Bonchev–Trinajstić information content (AvgIpc) is 2.86. The molecule has 7 heteroatoms. The molecule has 0 aromatic heterocycles. The van der Waals surface area contributed by atoms with Crippen LogP contribution >= 0.6 is 11.6 Å². The van der Waals surface area contributed by atoms with Crippen LogP contribution in [0.1, 0.15) is 29.3 Å². The van der Waals surface area contributed by atoms with Crippen molar-refractivity contribution in [3.05, 3.63) is 70.8 Å². The Labute approximate surface area is 201 Å². The molecule has 6 nitrogen and oxygen atoms in total. The van der Waals surface area contributed by atoms with E-state index in [-0.39, 0.29) is 11.8 Å². The molecule has 1 fully saturated rings. The summed E-state index contributed by atoms with van der Waals surface area (Å²) >= 11 is 6.31. The van der Waals surface area contributed by atoms with Crippen molar-refractivity contribution in [2.75, 3.05) is 52.9 Å². The third-order valence-corrected chi connectivity index (χ3v) is 6.20. The number of rotatable bonds is 9. The monoisotopic (exact) mass is 469 g/mol. The number of para-hydroxylation sites is 1. The van der Waals surface area contributed by atoms with Gasteiger partial charge in [-0.2, -0.15) is 0 Å². The van der Waals surface area contributed by atoms with Crippen LogP contribution in [0.15, 0.2) is 54.6 Å². The smallest absolute Gasteiger partial charge is 0.255 e. The van der Waals surface area contributed by atoms with Crippen molar-refractivity contribution in [2.45, 2.75) is 13.3 Å². The van der Waals surface area contributed by atoms with Gasteiger partial charge in [0.1, 0.15) is 5.75 Å². The summed E-state index contributed by atoms with van der Waals surface area (Å²) in [5.41, 5.74) is 1.46. The van der Waals surface area contributed by atoms with E-state index in [2.05, 4.69) is 4.90 Å². The van der Waals surface area contributed by atoms with Gasteiger partial charge in [0.05, 0.1) is 17.7 Å². The largest absolute Gasteiger partial charge is 0.496 e. The van der Waals surface area contributed by atoms with Crippen LogP contribution in [0, 0.1) is 0 Å². The number of carbonyl (C=O) groups is 2. The number of amides is 2. The van der Waals surface area contributed by atoms with Gasteiger partial charge in [-0.15, -0.1) is 0 Å². The SMILES string of the molecule is CCC(=O)N1CCN(CCN(C/C=C/c2ccccc2OC)C(=O)c2ccccc2Cl)CC1. The van der Waals surface area contributed by atoms with Gasteiger partial charge in [-0.3, -0.25) is 14.5 Å². The second-order valence-corrected chi connectivity index (χ2v) is 8.36. The summed E-state index contributed by atoms with van der Waals surface area (Å²) in [6.07, 6.45) is 4.49. The van der Waals surface area contributed by atoms with Gasteiger partial charge >= 0.3 is 0 Å². The third-order valence-electron chi connectivity index (χ3n) is 5.87. The molecule has 3 rings (SSSR count). The second-order valence-electron chi connectivity index (χ2n) is 7.95. The molecule has 2 aromatic rings. The van der Waals surface area contributed by atoms with Crippen LogP contribution in [0.25, 0.3) is 6.08 Å². The number of hydrogen-bond donors (Lipinski definition) is 0. The number of carbonyl (C=O) groups excluding carboxylic acids is 2. The highest BCUT2D eigenvalue weighted by Crippen LogP contribution is 2.20. The molecule has 33 heavy (non-hydrogen) atoms. The van der Waals surface area contributed by atoms with Gasteiger partial charge in [-0.05, 0) is 18.2 Å². The molecule has 0 radical (unpaired) electrons. The van der Waals surface area contributed by atoms with Gasteiger partial charge < -0.3 is 14.5 Å². The lowest BCUT2D eigenvalue weighted by atomic mass is 10.1. The topological polar surface area (TPSA) is 53.1 Å². The van der Waals surface area contributed by atoms with E-state index in [0.29, 0.717) is 30.1 Å². The highest BCUT2D eigenvalue weighted by atomic mass is 35.5. The molecule has 2 amide bonds. The van der Waals surface area contributed by atoms with Crippen molar-refractivity contribution in [1.29, 1.82) is 0 Å². The van der Waals surface area contributed by atoms with E-state index in [0.717, 1.165) is 44.0 Å². The Kier molecular flexibility index (Phi) is 9.34. The summed E-state index contributed by atoms with van der Waals surface area (Å²) in [5.74, 6) is 0.897. The number of methoxy groups -OCH3 is 1. The third kappa shape index (κ3) is 6.83. The molecule has 176 valence electrons. The van der Waals surface area contributed by atoms with E-state index < -0.39 is 0 Å². The van der Waals surface area contributed by atoms with Crippen LogP contribution in [-0.4, -0.2) is 79.4 Å². The molecular formula is C26H32ClN3O3. The molecular weight excluding hydrogens is 438 g/mol. The zero-order chi connectivity index (χ0) is 23.6. The molecule has 0 unspecified atom stereocenters. The highest BCUT2D eigenvalue weighted by Gasteiger charge is 2.22. The standard InChI is InChI=1S/C26H32ClN3O3/c1-3-25(31)29-18-15-28(16-19-29)17-20-30(26(32)22-11-5-6-12-23(22)27)14-8-10-21-9-4-7-13-24(21)33-2/h4-13H,3,14-20H2,1-2H3/b10-8+. The van der Waals surface area contributed by atoms with E-state index >= 15 is 0 Å². The lowest BCUT2D eigenvalue weighted by Crippen LogP contribution is -2.50. The van der Waals surface area contributed by atoms with Gasteiger partial charge in [0, 0.05) is 57.8 Å². The van der Waals surface area contributed by atoms with Gasteiger partial charge in [-0.1, -0.05) is 61.0 Å². The summed E-state index contributed by atoms with van der Waals surface area (Å²) in [5, 5.41) is 0.452. The van der Waals surface area contributed by atoms with Crippen molar-refractivity contribution in [1.82, 2.24) is 14.7 Å². The van der Waals surface area contributed by atoms with E-state index in [1.54, 1.807) is 19.2 Å². The summed E-state index contributed by atoms with van der Waals surface area (Å²) in [6.45, 7) is 6.77. The molecule has 1 aliphatic rings. The maximum atomic E-state index is 13.3. The minimum Gasteiger partial charge on any atom is -0.496 e. The Hall–Kier alpha value is -2.83. The fraction of sp³-hybridized carbons (Fsp3) is 0.385. The first-order valence-corrected chi connectivity index (χ1v) is 11.7. The predicted octanol–water partition coefficient (Wildman–Crippen LogP) is 4.06. The van der Waals surface area contributed by atoms with E-state index in [4.69, 9.17) is 16.3 Å². The van der Waals surface area contributed by atoms with E-state index in [9.17, 15) is 9.59 Å². The molecule has 0 saturated carbocycles. The van der Waals surface area contributed by atoms with Crippen LogP contribution in [0.3, 0.4) is 0 Å². The molecule has 0 aliphatic carbocycles. The zero-order valence-corrected chi connectivity index (χ0v) is 20.1. The molecule has 1 aliphatic heterocycles. The van der Waals surface area contributed by atoms with E-state index in [1.165, 1.54) is 0 Å². The summed E-state index contributed by atoms with van der Waals surface area (Å²) < 4.78 is 5.41. The first-order valence-electron chi connectivity index (χ1n) is 11.4. The van der Waals surface area contributed by atoms with Crippen molar-refractivity contribution in [3.63, 3.8) is 0 Å². The van der Waals surface area contributed by atoms with Gasteiger partial charge in [0.15, 0.2) is 0 Å². The summed E-state index contributed by atoms with van der Waals surface area (Å²) in [4.78, 5) is 31.3. The normalized spacial score (nSPS) is 14.5. The molecule has 0 atom stereocenters. The fourth-order valence-electron chi connectivity index (χ4n) is 3.90. The minimum atomic E-state index is -0.0925. The Morgan fingerprint density at radius 3 is 2.45 bits per heavy atom. The Bertz CT molecular complexity index is 971. The van der Waals surface area contributed by atoms with Crippen molar-refractivity contribution in [2.24, 2.45) is 0 Å². The van der Waals surface area contributed by atoms with Crippen molar-refractivity contribution < 1.29 is 14.3 Å². The number of halogens is 1. The van der Waals surface area contributed by atoms with Gasteiger partial charge in [0.25, 0.3) is 5.91 Å². The van der Waals surface area contributed by atoms with Crippen LogP contribution in [0.2, 0.25) is 5.02 Å². The number of nitrogens with zero attached hydrogens (tertiary/aromatic N) is 3. The average molecular weight is 470 g/mol. The van der Waals surface area contributed by atoms with Crippen LogP contribution in [0.4, 0.5) is 0 Å². The number of ether oxygens (including phenoxy) is 1. The quantitative estimate of drug-likeness (QED) is 0.555. The van der Waals surface area contributed by atoms with Crippen molar-refractivity contribution in [3.8, 4) is 5.75 Å². The van der Waals surface area contributed by atoms with E-state index in [1.807, 2.05) is 65.3 Å². The Morgan fingerprint density at radius 1 is 1.06 bits per heavy atom. The minimum absolute atomic E-state index is 0.0925. The molecule has 0 N–H and O–H groups in total. The molecule has 1 saturated heterocycles. The summed E-state index contributed by atoms with van der Waals surface area (Å²) in [7, 11) is 1.65. The van der Waals surface area contributed by atoms with Gasteiger partial charge in [-0.25, -0.2) is 0 Å². The fourth-order valence-corrected chi connectivity index (χ4v) is 4.11. The highest BCUT2D eigenvalue weighted by molar-refractivity contribution is 6.33. The first-order chi connectivity index (χ1) is 16.0. The Morgan fingerprint density at radius 2 is 1.76 bits per heavy atom. The zero-order valence-electron chi connectivity index (χ0n) is 19.4. The molecule has 1 heterocycles. The molecule has 0 spiro atoms. The van der Waals surface area contributed by atoms with Crippen LogP contribution in [0.5, 0.6) is 5.75 Å². The van der Waals surface area contributed by atoms with Crippen LogP contribution < -0.4 is 4.74 Å². The second kappa shape index (κ2) is 12.4. The molecule has 0 bridgehead atoms. The lowest BCUT2D eigenvalue weighted by molar-refractivity contribution is -0.132. The maximum absolute atomic E-state index is 13.3. The van der Waals surface area contributed by atoms with Crippen molar-refractivity contribution >= 4 is 29.5 Å². The first kappa shape index (κ1) is 24.8. The summed E-state index contributed by atoms with van der Waals surface area (Å²) in [6, 6.07) is 14.9. The predicted molar refractivity (Wildman–Crippen MR) is 133 cm³/mol. The lowest BCUT2D eigenvalue weighted by Gasteiger charge is -2.35. The maximum Gasteiger partial charge on any atom is 0.255 e. The molecule has 2 aromatic carbocycles. The van der Waals surface area contributed by atoms with Gasteiger partial charge in [0.2, 0.25) is 5.91 Å². The number of piperazine rings is 1. The number of hydrogen-bond acceptors (Lipinski definition) is 4. The Balaban J connectivity index is 1.67. The number of benzene rings is 2. The van der Waals surface area contributed by atoms with Crippen LogP contribution in [-0.2, 0) is 4.79 Å².